The molecule has 0 aliphatic rings. The fraction of sp³-hybridized carbons (Fsp3) is 0.253. The maximum atomic E-state index is 5.78. The summed E-state index contributed by atoms with van der Waals surface area (Å²) in [4.78, 5) is 60.3. The van der Waals surface area contributed by atoms with Gasteiger partial charge in [0.2, 0.25) is 0 Å². The molecule has 0 radical (unpaired) electrons. The lowest BCUT2D eigenvalue weighted by atomic mass is 9.92. The highest BCUT2D eigenvalue weighted by molar-refractivity contribution is 7.22. The number of nitrogens with zero attached hydrogens (tertiary/aromatic N) is 31. The molecule has 132 heavy (non-hydrogen) atoms. The summed E-state index contributed by atoms with van der Waals surface area (Å²) in [5.74, 6) is 4.53. The zero-order valence-electron chi connectivity index (χ0n) is 73.9. The predicted octanol–water partition coefficient (Wildman–Crippen LogP) is 12.1. The lowest BCUT2D eigenvalue weighted by Crippen LogP contribution is -2.11. The minimum Gasteiger partial charge on any atom is -0.330 e. The third-order valence-corrected chi connectivity index (χ3v) is 23.6. The molecule has 0 aliphatic carbocycles. The van der Waals surface area contributed by atoms with Crippen molar-refractivity contribution in [3.8, 4) is 56.3 Å². The molecule has 0 saturated carbocycles. The van der Waals surface area contributed by atoms with Crippen LogP contribution in [0.4, 0.5) is 54.9 Å². The number of anilines is 10. The van der Waals surface area contributed by atoms with Gasteiger partial charge >= 0.3 is 0 Å². The first kappa shape index (κ1) is 89.0. The Morgan fingerprint density at radius 1 is 0.348 bits per heavy atom. The minimum atomic E-state index is 0.00135. The first-order chi connectivity index (χ1) is 64.1. The Bertz CT molecular complexity index is 7450. The molecule has 21 aromatic rings. The highest BCUT2D eigenvalue weighted by Gasteiger charge is 2.24. The molecule has 41 nitrogen and oxygen atoms in total. The zero-order valence-corrected chi connectivity index (χ0v) is 77.2. The van der Waals surface area contributed by atoms with Gasteiger partial charge in [0.25, 0.3) is 0 Å². The van der Waals surface area contributed by atoms with Crippen molar-refractivity contribution in [3.63, 3.8) is 0 Å². The van der Waals surface area contributed by atoms with Gasteiger partial charge in [-0.05, 0) is 104 Å². The number of nitrogens with one attached hydrogen (secondary N) is 5. The topological polar surface area (TPSA) is 508 Å². The molecule has 0 aromatic carbocycles. The van der Waals surface area contributed by atoms with Crippen molar-refractivity contribution in [1.82, 2.24) is 149 Å². The number of aryl methyl sites for hydroxylation is 5. The van der Waals surface area contributed by atoms with Crippen LogP contribution >= 0.6 is 45.9 Å². The number of rotatable bonds is 26. The smallest absolute Gasteiger partial charge is 0.181 e. The van der Waals surface area contributed by atoms with Gasteiger partial charge in [-0.3, -0.25) is 50.4 Å². The average molecular weight is 1850 g/mol. The van der Waals surface area contributed by atoms with Crippen molar-refractivity contribution >= 4 is 139 Å². The number of thiophene rings is 1. The Morgan fingerprint density at radius 2 is 0.705 bits per heavy atom. The average Bonchev–Trinajstić information content (AvgIpc) is 1.63. The highest BCUT2D eigenvalue weighted by Crippen LogP contribution is 2.37. The van der Waals surface area contributed by atoms with Crippen molar-refractivity contribution in [3.05, 3.63) is 231 Å². The van der Waals surface area contributed by atoms with Crippen LogP contribution in [0.5, 0.6) is 0 Å². The fourth-order valence-electron chi connectivity index (χ4n) is 14.2. The standard InChI is InChI=1S/C19H24N8S.C18H17N9S.C18H22N8S.C17H18N8.C15H16N8S/c1-19(2,3)15-7-16(28-25-15)24-17-18-21-9-14(12-8-22-26(4)10-12)27(18)11-13(23-17)5-6-20;1-26-9-11(7-23-26)14-8-22-17-16(24-12(2-3-19)10-27(14)17)25-15-6-13-18(28-15)21-5-4-20-13;1-11(2)14-6-16(27-24-14)23-17-18-20-8-15(12-7-21-25(3)9-12)26(18)10-13(22-17)4-5-19;1-24-10-12(8-21-24)14-9-20-17-16(23-15-4-2-3-7-19-15)22-13(5-6-18)11-25(14)17;1-22-8-10(6-18-22)12-7-17-15-14(21-13-3-5-19-24-13)20-11(2-4-16)9-23(12)15/h7-11H,5-6,20H2,1-4H3,(H,23,24);4-10H,2-3,19H2,1H3,(H,24,25);6-11H,4-5,19H2,1-3H3,(H,22,23);2-4,7-11H,5-6,18H2,1H3,(H,19,22,23);3,5-9H,2,4,16H2,1H3,(H,20,21). The largest absolute Gasteiger partial charge is 0.330 e. The molecule has 21 rings (SSSR count). The van der Waals surface area contributed by atoms with Crippen LogP contribution in [-0.4, -0.2) is 182 Å². The lowest BCUT2D eigenvalue weighted by molar-refractivity contribution is 0.576. The highest BCUT2D eigenvalue weighted by atomic mass is 32.1. The van der Waals surface area contributed by atoms with E-state index in [1.54, 1.807) is 48.2 Å². The quantitative estimate of drug-likeness (QED) is 0.0241. The van der Waals surface area contributed by atoms with Gasteiger partial charge in [0.05, 0.1) is 135 Å². The number of hydrogen-bond donors (Lipinski definition) is 10. The summed E-state index contributed by atoms with van der Waals surface area (Å²) in [6.07, 6.45) is 48.3. The van der Waals surface area contributed by atoms with Crippen molar-refractivity contribution < 1.29 is 0 Å². The number of pyridine rings is 1. The Balaban J connectivity index is 0.000000115. The third-order valence-electron chi connectivity index (χ3n) is 20.6. The Labute approximate surface area is 772 Å². The number of hydrogen-bond acceptors (Lipinski definition) is 35. The number of fused-ring (bicyclic) bond motifs is 6. The van der Waals surface area contributed by atoms with E-state index in [0.29, 0.717) is 106 Å². The summed E-state index contributed by atoms with van der Waals surface area (Å²) in [6.45, 7) is 13.4. The van der Waals surface area contributed by atoms with Gasteiger partial charge in [0, 0.05) is 193 Å². The predicted molar refractivity (Wildman–Crippen MR) is 517 cm³/mol. The second kappa shape index (κ2) is 39.5. The third kappa shape index (κ3) is 20.2. The summed E-state index contributed by atoms with van der Waals surface area (Å²) < 4.78 is 32.2. The number of aromatic nitrogens is 31. The van der Waals surface area contributed by atoms with Gasteiger partial charge < -0.3 is 55.3 Å². The molecule has 21 aromatic heterocycles. The first-order valence-electron chi connectivity index (χ1n) is 42.2. The van der Waals surface area contributed by atoms with Crippen molar-refractivity contribution in [2.24, 2.45) is 63.9 Å². The van der Waals surface area contributed by atoms with Crippen LogP contribution in [0.1, 0.15) is 80.4 Å². The molecule has 0 atom stereocenters. The van der Waals surface area contributed by atoms with Crippen LogP contribution < -0.4 is 55.3 Å². The van der Waals surface area contributed by atoms with Gasteiger partial charge in [0.1, 0.15) is 31.2 Å². The van der Waals surface area contributed by atoms with E-state index < -0.39 is 0 Å². The second-order valence-corrected chi connectivity index (χ2v) is 35.4. The summed E-state index contributed by atoms with van der Waals surface area (Å²) in [6, 6.07) is 13.7. The lowest BCUT2D eigenvalue weighted by Gasteiger charge is -2.13. The Morgan fingerprint density at radius 3 is 1.02 bits per heavy atom. The van der Waals surface area contributed by atoms with Crippen LogP contribution in [0.3, 0.4) is 0 Å². The van der Waals surface area contributed by atoms with E-state index >= 15 is 0 Å². The van der Waals surface area contributed by atoms with E-state index in [4.69, 9.17) is 43.6 Å². The van der Waals surface area contributed by atoms with E-state index in [1.807, 2.05) is 212 Å². The van der Waals surface area contributed by atoms with E-state index in [0.717, 1.165) is 155 Å². The second-order valence-electron chi connectivity index (χ2n) is 32.0. The van der Waals surface area contributed by atoms with Crippen LogP contribution in [0.15, 0.2) is 191 Å². The van der Waals surface area contributed by atoms with Gasteiger partial charge in [-0.1, -0.05) is 52.0 Å². The van der Waals surface area contributed by atoms with Crippen molar-refractivity contribution in [1.29, 1.82) is 0 Å². The summed E-state index contributed by atoms with van der Waals surface area (Å²) in [7, 11) is 9.48. The molecular weight excluding hydrogens is 1750 g/mol. The molecule has 0 bridgehead atoms. The molecule has 0 fully saturated rings. The molecule has 21 heterocycles. The molecule has 45 heteroatoms. The molecular formula is C87H97N41S4. The number of imidazole rings is 5. The van der Waals surface area contributed by atoms with Crippen molar-refractivity contribution in [2.45, 2.75) is 78.1 Å². The minimum absolute atomic E-state index is 0.00135. The van der Waals surface area contributed by atoms with Gasteiger partial charge in [0.15, 0.2) is 57.3 Å². The number of nitrogens with two attached hydrogens (primary N) is 5. The first-order valence-corrected chi connectivity index (χ1v) is 45.3. The molecule has 0 unspecified atom stereocenters. The fourth-order valence-corrected chi connectivity index (χ4v) is 17.2. The molecule has 0 spiro atoms. The Kier molecular flexibility index (Phi) is 26.7. The molecule has 0 amide bonds. The SMILES string of the molecule is CC(C)c1cc(Nc2nc(CCN)cn3c(-c4cnn(C)c4)cnc23)sn1.Cn1cc(-c2cnc3c(Nc4cc(C(C)(C)C)ns4)nc(CCN)cn23)cn1.Cn1cc(-c2cnc3c(Nc4cc5nccnc5s4)nc(CCN)cn23)cn1.Cn1cc(-c2cnc3c(Nc4ccccn4)nc(CCN)cn23)cn1.Cn1cc(-c2cnc3c(Nc4ccns4)nc(CCN)cn23)cn1. The normalized spacial score (nSPS) is 11.5. The molecule has 0 aliphatic heterocycles. The van der Waals surface area contributed by atoms with Crippen LogP contribution in [0, 0.1) is 0 Å². The zero-order chi connectivity index (χ0) is 91.7. The summed E-state index contributed by atoms with van der Waals surface area (Å²) in [5.41, 5.74) is 49.7. The van der Waals surface area contributed by atoms with E-state index in [2.05, 4.69) is 162 Å². The van der Waals surface area contributed by atoms with Crippen LogP contribution in [0.2, 0.25) is 0 Å². The van der Waals surface area contributed by atoms with Crippen molar-refractivity contribution in [2.75, 3.05) is 59.3 Å². The van der Waals surface area contributed by atoms with Crippen LogP contribution in [0.25, 0.3) is 94.9 Å². The monoisotopic (exact) mass is 1840 g/mol. The summed E-state index contributed by atoms with van der Waals surface area (Å²) >= 11 is 5.76. The van der Waals surface area contributed by atoms with E-state index in [1.165, 1.54) is 45.9 Å². The van der Waals surface area contributed by atoms with Gasteiger partial charge in [-0.25, -0.2) is 59.8 Å². The van der Waals surface area contributed by atoms with E-state index in [-0.39, 0.29) is 5.41 Å². The molecule has 0 saturated heterocycles. The maximum absolute atomic E-state index is 5.78. The Hall–Kier alpha value is -15.0. The summed E-state index contributed by atoms with van der Waals surface area (Å²) in [5, 5.41) is 41.7. The maximum Gasteiger partial charge on any atom is 0.181 e. The molecule has 15 N–H and O–H groups in total. The van der Waals surface area contributed by atoms with Crippen LogP contribution in [-0.2, 0) is 72.8 Å². The van der Waals surface area contributed by atoms with Gasteiger partial charge in [-0.2, -0.15) is 38.6 Å². The van der Waals surface area contributed by atoms with Gasteiger partial charge in [-0.15, -0.1) is 0 Å². The molecule has 674 valence electrons. The van der Waals surface area contributed by atoms with E-state index in [9.17, 15) is 0 Å².